The quantitative estimate of drug-likeness (QED) is 0.726. The van der Waals surface area contributed by atoms with Crippen molar-refractivity contribution in [2.75, 3.05) is 0 Å². The van der Waals surface area contributed by atoms with E-state index >= 15 is 0 Å². The fourth-order valence-electron chi connectivity index (χ4n) is 2.11. The van der Waals surface area contributed by atoms with Crippen molar-refractivity contribution in [3.05, 3.63) is 65.3 Å². The fourth-order valence-corrected chi connectivity index (χ4v) is 3.30. The summed E-state index contributed by atoms with van der Waals surface area (Å²) in [7, 11) is -3.83. The van der Waals surface area contributed by atoms with Crippen LogP contribution in [0.3, 0.4) is 0 Å². The third-order valence-electron chi connectivity index (χ3n) is 3.32. The Morgan fingerprint density at radius 3 is 2.88 bits per heavy atom. The SMILES string of the molecule is N#Cc1cc(S(=O)(=O)NCc2cccnc2-n2cncn2)ccc1Cl. The van der Waals surface area contributed by atoms with E-state index in [1.54, 1.807) is 18.3 Å². The normalized spacial score (nSPS) is 11.2. The molecular weight excluding hydrogens is 364 g/mol. The van der Waals surface area contributed by atoms with Gasteiger partial charge in [-0.1, -0.05) is 17.7 Å². The van der Waals surface area contributed by atoms with Crippen LogP contribution < -0.4 is 4.72 Å². The maximum atomic E-state index is 12.5. The second kappa shape index (κ2) is 6.98. The van der Waals surface area contributed by atoms with Gasteiger partial charge in [-0.15, -0.1) is 0 Å². The highest BCUT2D eigenvalue weighted by Gasteiger charge is 2.17. The Bertz CT molecular complexity index is 1040. The zero-order chi connectivity index (χ0) is 17.9. The molecule has 1 N–H and O–H groups in total. The molecule has 25 heavy (non-hydrogen) atoms. The first kappa shape index (κ1) is 17.0. The van der Waals surface area contributed by atoms with Gasteiger partial charge in [0.1, 0.15) is 18.7 Å². The molecule has 0 unspecified atom stereocenters. The van der Waals surface area contributed by atoms with Crippen molar-refractivity contribution >= 4 is 21.6 Å². The van der Waals surface area contributed by atoms with Crippen LogP contribution in [0.5, 0.6) is 0 Å². The van der Waals surface area contributed by atoms with E-state index < -0.39 is 10.0 Å². The van der Waals surface area contributed by atoms with Crippen LogP contribution in [-0.2, 0) is 16.6 Å². The van der Waals surface area contributed by atoms with E-state index in [2.05, 4.69) is 19.8 Å². The summed E-state index contributed by atoms with van der Waals surface area (Å²) in [6.45, 7) is -0.00409. The number of hydrogen-bond donors (Lipinski definition) is 1. The van der Waals surface area contributed by atoms with Crippen LogP contribution in [0.4, 0.5) is 0 Å². The van der Waals surface area contributed by atoms with Crippen molar-refractivity contribution in [3.8, 4) is 11.9 Å². The van der Waals surface area contributed by atoms with Crippen LogP contribution in [0, 0.1) is 11.3 Å². The molecule has 3 aromatic rings. The number of nitriles is 1. The minimum atomic E-state index is -3.83. The molecule has 0 radical (unpaired) electrons. The first-order chi connectivity index (χ1) is 12.0. The number of halogens is 1. The molecule has 8 nitrogen and oxygen atoms in total. The van der Waals surface area contributed by atoms with Gasteiger partial charge in [0, 0.05) is 18.3 Å². The first-order valence-corrected chi connectivity index (χ1v) is 8.85. The van der Waals surface area contributed by atoms with Gasteiger partial charge in [-0.3, -0.25) is 0 Å². The zero-order valence-electron chi connectivity index (χ0n) is 12.7. The summed E-state index contributed by atoms with van der Waals surface area (Å²) < 4.78 is 28.9. The molecule has 0 spiro atoms. The van der Waals surface area contributed by atoms with Gasteiger partial charge in [0.15, 0.2) is 5.82 Å². The summed E-state index contributed by atoms with van der Waals surface area (Å²) in [5, 5.41) is 13.2. The molecule has 0 aliphatic heterocycles. The average Bonchev–Trinajstić information content (AvgIpc) is 3.15. The first-order valence-electron chi connectivity index (χ1n) is 6.99. The summed E-state index contributed by atoms with van der Waals surface area (Å²) in [6.07, 6.45) is 4.41. The number of benzene rings is 1. The van der Waals surface area contributed by atoms with Gasteiger partial charge in [-0.25, -0.2) is 27.8 Å². The minimum absolute atomic E-state index is 0.00409. The molecule has 3 rings (SSSR count). The lowest BCUT2D eigenvalue weighted by Crippen LogP contribution is -2.24. The van der Waals surface area contributed by atoms with Crippen LogP contribution in [0.2, 0.25) is 5.02 Å². The van der Waals surface area contributed by atoms with E-state index in [1.165, 1.54) is 35.5 Å². The smallest absolute Gasteiger partial charge is 0.237 e. The molecule has 0 atom stereocenters. The monoisotopic (exact) mass is 374 g/mol. The van der Waals surface area contributed by atoms with Gasteiger partial charge < -0.3 is 0 Å². The lowest BCUT2D eigenvalue weighted by molar-refractivity contribution is 0.581. The number of hydrogen-bond acceptors (Lipinski definition) is 6. The molecule has 0 aliphatic carbocycles. The third kappa shape index (κ3) is 3.66. The van der Waals surface area contributed by atoms with Crippen LogP contribution in [0.15, 0.2) is 54.1 Å². The highest BCUT2D eigenvalue weighted by atomic mass is 35.5. The Balaban J connectivity index is 1.86. The second-order valence-electron chi connectivity index (χ2n) is 4.90. The van der Waals surface area contributed by atoms with Crippen molar-refractivity contribution in [2.24, 2.45) is 0 Å². The molecule has 126 valence electrons. The summed E-state index contributed by atoms with van der Waals surface area (Å²) in [5.41, 5.74) is 0.709. The maximum absolute atomic E-state index is 12.5. The second-order valence-corrected chi connectivity index (χ2v) is 7.08. The van der Waals surface area contributed by atoms with Gasteiger partial charge in [-0.2, -0.15) is 10.4 Å². The van der Waals surface area contributed by atoms with Crippen molar-refractivity contribution in [1.29, 1.82) is 5.26 Å². The lowest BCUT2D eigenvalue weighted by Gasteiger charge is -2.10. The Hall–Kier alpha value is -2.80. The van der Waals surface area contributed by atoms with Crippen LogP contribution in [0.25, 0.3) is 5.82 Å². The number of nitrogens with zero attached hydrogens (tertiary/aromatic N) is 5. The zero-order valence-corrected chi connectivity index (χ0v) is 14.2. The van der Waals surface area contributed by atoms with Crippen molar-refractivity contribution in [1.82, 2.24) is 24.5 Å². The Kier molecular flexibility index (Phi) is 4.76. The highest BCUT2D eigenvalue weighted by Crippen LogP contribution is 2.20. The summed E-state index contributed by atoms with van der Waals surface area (Å²) in [6, 6.07) is 9.23. The van der Waals surface area contributed by atoms with E-state index in [9.17, 15) is 8.42 Å². The summed E-state index contributed by atoms with van der Waals surface area (Å²) in [4.78, 5) is 8.01. The molecule has 2 aromatic heterocycles. The molecule has 0 fully saturated rings. The molecule has 10 heteroatoms. The maximum Gasteiger partial charge on any atom is 0.240 e. The van der Waals surface area contributed by atoms with Gasteiger partial charge in [0.25, 0.3) is 0 Å². The predicted octanol–water partition coefficient (Wildman–Crippen LogP) is 1.67. The Labute approximate surface area is 148 Å². The third-order valence-corrected chi connectivity index (χ3v) is 5.05. The molecule has 0 saturated carbocycles. The van der Waals surface area contributed by atoms with Gasteiger partial charge in [0.05, 0.1) is 15.5 Å². The fraction of sp³-hybridized carbons (Fsp3) is 0.0667. The van der Waals surface area contributed by atoms with Crippen molar-refractivity contribution in [2.45, 2.75) is 11.4 Å². The van der Waals surface area contributed by atoms with Crippen LogP contribution in [0.1, 0.15) is 11.1 Å². The molecule has 1 aromatic carbocycles. The average molecular weight is 375 g/mol. The topological polar surface area (TPSA) is 114 Å². The number of rotatable bonds is 5. The highest BCUT2D eigenvalue weighted by molar-refractivity contribution is 7.89. The van der Waals surface area contributed by atoms with E-state index in [4.69, 9.17) is 16.9 Å². The Morgan fingerprint density at radius 1 is 1.32 bits per heavy atom. The summed E-state index contributed by atoms with van der Waals surface area (Å²) >= 11 is 5.84. The Morgan fingerprint density at radius 2 is 2.16 bits per heavy atom. The van der Waals surface area contributed by atoms with Gasteiger partial charge in [-0.05, 0) is 24.3 Å². The molecule has 0 amide bonds. The molecule has 0 aliphatic rings. The van der Waals surface area contributed by atoms with Gasteiger partial charge in [0.2, 0.25) is 10.0 Å². The lowest BCUT2D eigenvalue weighted by atomic mass is 10.2. The molecule has 0 bridgehead atoms. The largest absolute Gasteiger partial charge is 0.240 e. The number of nitrogens with one attached hydrogen (secondary N) is 1. The minimum Gasteiger partial charge on any atom is -0.237 e. The van der Waals surface area contributed by atoms with E-state index in [0.717, 1.165) is 0 Å². The van der Waals surface area contributed by atoms with E-state index in [-0.39, 0.29) is 22.0 Å². The van der Waals surface area contributed by atoms with Crippen LogP contribution >= 0.6 is 11.6 Å². The predicted molar refractivity (Wildman–Crippen MR) is 89.3 cm³/mol. The van der Waals surface area contributed by atoms with Crippen molar-refractivity contribution in [3.63, 3.8) is 0 Å². The van der Waals surface area contributed by atoms with Crippen molar-refractivity contribution < 1.29 is 8.42 Å². The summed E-state index contributed by atoms with van der Waals surface area (Å²) in [5.74, 6) is 0.469. The van der Waals surface area contributed by atoms with E-state index in [0.29, 0.717) is 11.4 Å². The molecule has 0 saturated heterocycles. The van der Waals surface area contributed by atoms with Gasteiger partial charge >= 0.3 is 0 Å². The standard InChI is InChI=1S/C15H11ClN6O2S/c16-14-4-3-13(6-12(14)7-17)25(23,24)21-8-11-2-1-5-19-15(11)22-10-18-9-20-22/h1-6,9-10,21H,8H2. The number of pyridine rings is 1. The number of sulfonamides is 1. The van der Waals surface area contributed by atoms with E-state index in [1.807, 2.05) is 6.07 Å². The number of aromatic nitrogens is 4. The molecular formula is C15H11ClN6O2S. The van der Waals surface area contributed by atoms with Crippen LogP contribution in [-0.4, -0.2) is 28.2 Å². The molecule has 2 heterocycles.